The molecule has 20 heavy (non-hydrogen) atoms. The summed E-state index contributed by atoms with van der Waals surface area (Å²) in [5, 5.41) is 2.56. The molecule has 0 saturated heterocycles. The number of nitrogens with one attached hydrogen (secondary N) is 1. The van der Waals surface area contributed by atoms with Gasteiger partial charge in [-0.05, 0) is 51.2 Å². The molecule has 1 aliphatic rings. The summed E-state index contributed by atoms with van der Waals surface area (Å²) in [4.78, 5) is 27.2. The van der Waals surface area contributed by atoms with E-state index < -0.39 is 11.7 Å². The standard InChI is InChI=1S/C15H20N2O3/c1-15(2,3)20-14(19)17-13-12(9-18)11(7-8-16-13)10-5-4-6-10/h7-10H,4-6H2,1-3H3,(H,16,17,19). The average Bonchev–Trinajstić information content (AvgIpc) is 2.24. The molecule has 1 aromatic heterocycles. The van der Waals surface area contributed by atoms with E-state index in [1.165, 1.54) is 6.42 Å². The minimum atomic E-state index is -0.598. The number of nitrogens with zero attached hydrogens (tertiary/aromatic N) is 1. The predicted octanol–water partition coefficient (Wildman–Crippen LogP) is 3.51. The zero-order valence-corrected chi connectivity index (χ0v) is 12.1. The molecule has 108 valence electrons. The van der Waals surface area contributed by atoms with E-state index in [1.54, 1.807) is 27.0 Å². The van der Waals surface area contributed by atoms with Crippen molar-refractivity contribution >= 4 is 18.2 Å². The minimum Gasteiger partial charge on any atom is -0.444 e. The van der Waals surface area contributed by atoms with Crippen molar-refractivity contribution in [3.63, 3.8) is 0 Å². The van der Waals surface area contributed by atoms with Gasteiger partial charge < -0.3 is 4.74 Å². The monoisotopic (exact) mass is 276 g/mol. The molecule has 1 heterocycles. The maximum Gasteiger partial charge on any atom is 0.413 e. The zero-order valence-electron chi connectivity index (χ0n) is 12.1. The first-order valence-corrected chi connectivity index (χ1v) is 6.85. The third kappa shape index (κ3) is 3.35. The summed E-state index contributed by atoms with van der Waals surface area (Å²) in [5.41, 5.74) is 0.840. The lowest BCUT2D eigenvalue weighted by atomic mass is 9.78. The van der Waals surface area contributed by atoms with E-state index in [-0.39, 0.29) is 5.82 Å². The Morgan fingerprint density at radius 3 is 2.65 bits per heavy atom. The van der Waals surface area contributed by atoms with E-state index in [0.717, 1.165) is 24.7 Å². The first kappa shape index (κ1) is 14.5. The highest BCUT2D eigenvalue weighted by Crippen LogP contribution is 2.38. The molecule has 1 amide bonds. The average molecular weight is 276 g/mol. The van der Waals surface area contributed by atoms with Gasteiger partial charge in [0.05, 0.1) is 5.56 Å². The van der Waals surface area contributed by atoms with Crippen molar-refractivity contribution < 1.29 is 14.3 Å². The highest BCUT2D eigenvalue weighted by molar-refractivity contribution is 5.92. The lowest BCUT2D eigenvalue weighted by Crippen LogP contribution is -2.28. The molecule has 1 aliphatic carbocycles. The Morgan fingerprint density at radius 1 is 1.45 bits per heavy atom. The highest BCUT2D eigenvalue weighted by atomic mass is 16.6. The Hall–Kier alpha value is -1.91. The number of ether oxygens (including phenoxy) is 1. The molecule has 1 aromatic rings. The number of rotatable bonds is 3. The molecule has 0 spiro atoms. The molecule has 0 aromatic carbocycles. The molecule has 0 aliphatic heterocycles. The van der Waals surface area contributed by atoms with Crippen molar-refractivity contribution in [1.82, 2.24) is 4.98 Å². The Morgan fingerprint density at radius 2 is 2.15 bits per heavy atom. The molecule has 1 saturated carbocycles. The summed E-state index contributed by atoms with van der Waals surface area (Å²) in [6.07, 6.45) is 5.12. The number of anilines is 1. The van der Waals surface area contributed by atoms with Crippen LogP contribution >= 0.6 is 0 Å². The quantitative estimate of drug-likeness (QED) is 0.858. The Bertz CT molecular complexity index is 516. The summed E-state index contributed by atoms with van der Waals surface area (Å²) < 4.78 is 5.18. The molecular formula is C15H20N2O3. The second-order valence-electron chi connectivity index (χ2n) is 6.04. The summed E-state index contributed by atoms with van der Waals surface area (Å²) in [5.74, 6) is 0.677. The van der Waals surface area contributed by atoms with Crippen molar-refractivity contribution in [1.29, 1.82) is 0 Å². The molecule has 5 nitrogen and oxygen atoms in total. The maximum absolute atomic E-state index is 11.8. The Balaban J connectivity index is 2.19. The van der Waals surface area contributed by atoms with E-state index in [4.69, 9.17) is 4.74 Å². The van der Waals surface area contributed by atoms with Gasteiger partial charge in [-0.25, -0.2) is 9.78 Å². The lowest BCUT2D eigenvalue weighted by molar-refractivity contribution is 0.0635. The SMILES string of the molecule is CC(C)(C)OC(=O)Nc1nccc(C2CCC2)c1C=O. The third-order valence-electron chi connectivity index (χ3n) is 3.31. The second-order valence-corrected chi connectivity index (χ2v) is 6.04. The van der Waals surface area contributed by atoms with Gasteiger partial charge in [-0.3, -0.25) is 10.1 Å². The van der Waals surface area contributed by atoms with Crippen LogP contribution in [-0.2, 0) is 4.74 Å². The van der Waals surface area contributed by atoms with Crippen molar-refractivity contribution in [2.45, 2.75) is 51.6 Å². The molecule has 1 fully saturated rings. The smallest absolute Gasteiger partial charge is 0.413 e. The number of carbonyl (C=O) groups excluding carboxylic acids is 2. The second kappa shape index (κ2) is 5.61. The van der Waals surface area contributed by atoms with Crippen LogP contribution in [0, 0.1) is 0 Å². The lowest BCUT2D eigenvalue weighted by Gasteiger charge is -2.27. The third-order valence-corrected chi connectivity index (χ3v) is 3.31. The Kier molecular flexibility index (Phi) is 4.06. The number of aromatic nitrogens is 1. The number of amides is 1. The number of aldehydes is 1. The molecule has 0 radical (unpaired) electrons. The summed E-state index contributed by atoms with van der Waals surface area (Å²) in [6, 6.07) is 1.85. The van der Waals surface area contributed by atoms with Gasteiger partial charge in [-0.2, -0.15) is 0 Å². The van der Waals surface area contributed by atoms with Crippen LogP contribution in [0.15, 0.2) is 12.3 Å². The van der Waals surface area contributed by atoms with E-state index >= 15 is 0 Å². The molecule has 1 N–H and O–H groups in total. The summed E-state index contributed by atoms with van der Waals surface area (Å²) in [6.45, 7) is 5.35. The van der Waals surface area contributed by atoms with Crippen LogP contribution in [-0.4, -0.2) is 23.0 Å². The zero-order chi connectivity index (χ0) is 14.8. The van der Waals surface area contributed by atoms with Gasteiger partial charge in [-0.1, -0.05) is 6.42 Å². The first-order valence-electron chi connectivity index (χ1n) is 6.85. The number of hydrogen-bond acceptors (Lipinski definition) is 4. The van der Waals surface area contributed by atoms with Crippen LogP contribution in [0.1, 0.15) is 61.9 Å². The van der Waals surface area contributed by atoms with Crippen LogP contribution in [0.4, 0.5) is 10.6 Å². The number of carbonyl (C=O) groups is 2. The van der Waals surface area contributed by atoms with Crippen LogP contribution < -0.4 is 5.32 Å². The fraction of sp³-hybridized carbons (Fsp3) is 0.533. The fourth-order valence-corrected chi connectivity index (χ4v) is 2.19. The van der Waals surface area contributed by atoms with Crippen LogP contribution in [0.5, 0.6) is 0 Å². The summed E-state index contributed by atoms with van der Waals surface area (Å²) in [7, 11) is 0. The minimum absolute atomic E-state index is 0.277. The number of hydrogen-bond donors (Lipinski definition) is 1. The van der Waals surface area contributed by atoms with E-state index in [2.05, 4.69) is 10.3 Å². The van der Waals surface area contributed by atoms with Crippen molar-refractivity contribution in [3.05, 3.63) is 23.4 Å². The van der Waals surface area contributed by atoms with Gasteiger partial charge in [0, 0.05) is 6.20 Å². The topological polar surface area (TPSA) is 68.3 Å². The first-order chi connectivity index (χ1) is 9.40. The van der Waals surface area contributed by atoms with Crippen LogP contribution in [0.25, 0.3) is 0 Å². The van der Waals surface area contributed by atoms with Gasteiger partial charge in [0.2, 0.25) is 0 Å². The van der Waals surface area contributed by atoms with Gasteiger partial charge in [0.15, 0.2) is 6.29 Å². The van der Waals surface area contributed by atoms with E-state index in [9.17, 15) is 9.59 Å². The number of pyridine rings is 1. The van der Waals surface area contributed by atoms with Crippen LogP contribution in [0.2, 0.25) is 0 Å². The van der Waals surface area contributed by atoms with E-state index in [1.807, 2.05) is 6.07 Å². The van der Waals surface area contributed by atoms with Gasteiger partial charge in [-0.15, -0.1) is 0 Å². The van der Waals surface area contributed by atoms with Gasteiger partial charge >= 0.3 is 6.09 Å². The van der Waals surface area contributed by atoms with Gasteiger partial charge in [0.25, 0.3) is 0 Å². The predicted molar refractivity (Wildman–Crippen MR) is 76.1 cm³/mol. The summed E-state index contributed by atoms with van der Waals surface area (Å²) >= 11 is 0. The van der Waals surface area contributed by atoms with Crippen LogP contribution in [0.3, 0.4) is 0 Å². The normalized spacial score (nSPS) is 15.3. The van der Waals surface area contributed by atoms with Crippen molar-refractivity contribution in [2.75, 3.05) is 5.32 Å². The van der Waals surface area contributed by atoms with Gasteiger partial charge in [0.1, 0.15) is 11.4 Å². The van der Waals surface area contributed by atoms with Crippen molar-refractivity contribution in [2.24, 2.45) is 0 Å². The van der Waals surface area contributed by atoms with Crippen molar-refractivity contribution in [3.8, 4) is 0 Å². The highest BCUT2D eigenvalue weighted by Gasteiger charge is 2.25. The fourth-order valence-electron chi connectivity index (χ4n) is 2.19. The molecule has 0 unspecified atom stereocenters. The Labute approximate surface area is 118 Å². The molecule has 2 rings (SSSR count). The molecular weight excluding hydrogens is 256 g/mol. The molecule has 0 atom stereocenters. The largest absolute Gasteiger partial charge is 0.444 e. The maximum atomic E-state index is 11.8. The molecule has 0 bridgehead atoms. The molecule has 5 heteroatoms. The van der Waals surface area contributed by atoms with E-state index in [0.29, 0.717) is 11.5 Å².